The number of nitrogens with one attached hydrogen (secondary N) is 1. The summed E-state index contributed by atoms with van der Waals surface area (Å²) in [4.78, 5) is 0. The largest absolute Gasteiger partial charge is 0.448 e. The van der Waals surface area contributed by atoms with E-state index >= 15 is 0 Å². The molecule has 2 heterocycles. The van der Waals surface area contributed by atoms with Crippen LogP contribution >= 0.6 is 0 Å². The first-order valence-electron chi connectivity index (χ1n) is 5.46. The smallest absolute Gasteiger partial charge is 0.252 e. The van der Waals surface area contributed by atoms with Gasteiger partial charge < -0.3 is 14.8 Å². The molecule has 0 amide bonds. The van der Waals surface area contributed by atoms with Gasteiger partial charge in [-0.1, -0.05) is 12.1 Å². The van der Waals surface area contributed by atoms with Gasteiger partial charge in [-0.3, -0.25) is 0 Å². The minimum Gasteiger partial charge on any atom is -0.448 e. The summed E-state index contributed by atoms with van der Waals surface area (Å²) in [6, 6.07) is 7.87. The Morgan fingerprint density at radius 2 is 1.93 bits per heavy atom. The summed E-state index contributed by atoms with van der Waals surface area (Å²) in [5, 5.41) is 3.34. The first kappa shape index (κ1) is 9.04. The molecular weight excluding hydrogens is 190 g/mol. The van der Waals surface area contributed by atoms with Crippen LogP contribution in [0, 0.1) is 5.92 Å². The second-order valence-electron chi connectivity index (χ2n) is 4.36. The lowest BCUT2D eigenvalue weighted by Crippen LogP contribution is -2.44. The van der Waals surface area contributed by atoms with Crippen LogP contribution in [0.3, 0.4) is 0 Å². The highest BCUT2D eigenvalue weighted by atomic mass is 16.7. The van der Waals surface area contributed by atoms with Crippen LogP contribution in [0.2, 0.25) is 0 Å². The Kier molecular flexibility index (Phi) is 1.89. The molecule has 15 heavy (non-hydrogen) atoms. The van der Waals surface area contributed by atoms with Crippen molar-refractivity contribution in [1.82, 2.24) is 5.32 Å². The molecule has 3 heteroatoms. The minimum absolute atomic E-state index is 0.435. The second kappa shape index (κ2) is 3.14. The number of ether oxygens (including phenoxy) is 2. The highest BCUT2D eigenvalue weighted by Crippen LogP contribution is 2.43. The van der Waals surface area contributed by atoms with Gasteiger partial charge in [0.2, 0.25) is 0 Å². The van der Waals surface area contributed by atoms with Crippen molar-refractivity contribution in [3.63, 3.8) is 0 Å². The Labute approximate surface area is 89.4 Å². The van der Waals surface area contributed by atoms with E-state index in [9.17, 15) is 0 Å². The molecule has 1 saturated heterocycles. The van der Waals surface area contributed by atoms with Crippen LogP contribution in [-0.2, 0) is 0 Å². The zero-order valence-corrected chi connectivity index (χ0v) is 8.82. The van der Waals surface area contributed by atoms with Crippen molar-refractivity contribution in [2.75, 3.05) is 13.1 Å². The maximum Gasteiger partial charge on any atom is 0.252 e. The van der Waals surface area contributed by atoms with E-state index in [0.717, 1.165) is 31.0 Å². The van der Waals surface area contributed by atoms with E-state index in [2.05, 4.69) is 5.32 Å². The lowest BCUT2D eigenvalue weighted by atomic mass is 9.99. The molecule has 2 aliphatic heterocycles. The summed E-state index contributed by atoms with van der Waals surface area (Å²) in [5.41, 5.74) is 0. The Morgan fingerprint density at radius 3 is 2.47 bits per heavy atom. The van der Waals surface area contributed by atoms with Gasteiger partial charge in [-0.05, 0) is 25.1 Å². The summed E-state index contributed by atoms with van der Waals surface area (Å²) in [6.45, 7) is 4.07. The highest BCUT2D eigenvalue weighted by molar-refractivity contribution is 5.42. The van der Waals surface area contributed by atoms with E-state index in [4.69, 9.17) is 9.47 Å². The van der Waals surface area contributed by atoms with Crippen molar-refractivity contribution < 1.29 is 9.47 Å². The first-order valence-corrected chi connectivity index (χ1v) is 5.46. The zero-order valence-electron chi connectivity index (χ0n) is 8.82. The summed E-state index contributed by atoms with van der Waals surface area (Å²) >= 11 is 0. The summed E-state index contributed by atoms with van der Waals surface area (Å²) in [6.07, 6.45) is 1.12. The molecule has 0 radical (unpaired) electrons. The number of rotatable bonds is 1. The summed E-state index contributed by atoms with van der Waals surface area (Å²) < 4.78 is 11.8. The van der Waals surface area contributed by atoms with Gasteiger partial charge >= 0.3 is 0 Å². The normalized spacial score (nSPS) is 26.9. The Morgan fingerprint density at radius 1 is 1.27 bits per heavy atom. The maximum atomic E-state index is 5.92. The molecule has 1 unspecified atom stereocenters. The van der Waals surface area contributed by atoms with Crippen molar-refractivity contribution in [1.29, 1.82) is 0 Å². The van der Waals surface area contributed by atoms with Crippen molar-refractivity contribution >= 4 is 0 Å². The van der Waals surface area contributed by atoms with E-state index < -0.39 is 5.79 Å². The predicted octanol–water partition coefficient (Wildman–Crippen LogP) is 1.78. The maximum absolute atomic E-state index is 5.92. The molecule has 3 rings (SSSR count). The topological polar surface area (TPSA) is 30.5 Å². The molecule has 2 aliphatic rings. The third-order valence-corrected chi connectivity index (χ3v) is 3.28. The second-order valence-corrected chi connectivity index (χ2v) is 4.36. The lowest BCUT2D eigenvalue weighted by Gasteiger charge is -2.28. The third kappa shape index (κ3) is 1.38. The SMILES string of the molecule is CC1(C2CCNC2)Oc2ccccc2O1. The fourth-order valence-corrected chi connectivity index (χ4v) is 2.35. The van der Waals surface area contributed by atoms with Crippen molar-refractivity contribution in [2.24, 2.45) is 5.92 Å². The highest BCUT2D eigenvalue weighted by Gasteiger charge is 2.45. The van der Waals surface area contributed by atoms with E-state index in [-0.39, 0.29) is 0 Å². The van der Waals surface area contributed by atoms with Crippen LogP contribution in [0.1, 0.15) is 13.3 Å². The van der Waals surface area contributed by atoms with Crippen molar-refractivity contribution in [3.05, 3.63) is 24.3 Å². The summed E-state index contributed by atoms with van der Waals surface area (Å²) in [5.74, 6) is 1.69. The summed E-state index contributed by atoms with van der Waals surface area (Å²) in [7, 11) is 0. The van der Waals surface area contributed by atoms with Crippen molar-refractivity contribution in [3.8, 4) is 11.5 Å². The molecule has 0 saturated carbocycles. The van der Waals surface area contributed by atoms with Gasteiger partial charge in [-0.2, -0.15) is 0 Å². The molecular formula is C12H15NO2. The Balaban J connectivity index is 1.87. The predicted molar refractivity (Wildman–Crippen MR) is 57.1 cm³/mol. The number of hydrogen-bond donors (Lipinski definition) is 1. The number of hydrogen-bond acceptors (Lipinski definition) is 3. The minimum atomic E-state index is -0.479. The van der Waals surface area contributed by atoms with Gasteiger partial charge in [0.1, 0.15) is 0 Å². The van der Waals surface area contributed by atoms with Crippen molar-refractivity contribution in [2.45, 2.75) is 19.1 Å². The molecule has 0 spiro atoms. The quantitative estimate of drug-likeness (QED) is 0.758. The number of para-hydroxylation sites is 2. The van der Waals surface area contributed by atoms with E-state index in [0.29, 0.717) is 5.92 Å². The van der Waals surface area contributed by atoms with Crippen LogP contribution in [0.25, 0.3) is 0 Å². The number of fused-ring (bicyclic) bond motifs is 1. The van der Waals surface area contributed by atoms with Gasteiger partial charge in [0.25, 0.3) is 5.79 Å². The van der Waals surface area contributed by atoms with E-state index in [1.807, 2.05) is 31.2 Å². The van der Waals surface area contributed by atoms with E-state index in [1.54, 1.807) is 0 Å². The molecule has 3 nitrogen and oxygen atoms in total. The Hall–Kier alpha value is -1.22. The molecule has 0 aromatic heterocycles. The van der Waals surface area contributed by atoms with Crippen LogP contribution in [0.4, 0.5) is 0 Å². The zero-order chi connectivity index (χ0) is 10.3. The Bertz CT molecular complexity index is 347. The van der Waals surface area contributed by atoms with Crippen LogP contribution < -0.4 is 14.8 Å². The van der Waals surface area contributed by atoms with Crippen LogP contribution in [0.5, 0.6) is 11.5 Å². The van der Waals surface area contributed by atoms with Gasteiger partial charge in [0, 0.05) is 19.4 Å². The average Bonchev–Trinajstić information content (AvgIpc) is 2.83. The number of benzene rings is 1. The average molecular weight is 205 g/mol. The molecule has 80 valence electrons. The van der Waals surface area contributed by atoms with Gasteiger partial charge in [0.05, 0.1) is 0 Å². The van der Waals surface area contributed by atoms with Gasteiger partial charge in [-0.25, -0.2) is 0 Å². The molecule has 1 aromatic rings. The first-order chi connectivity index (χ1) is 7.28. The molecule has 1 fully saturated rings. The molecule has 0 bridgehead atoms. The third-order valence-electron chi connectivity index (χ3n) is 3.28. The fourth-order valence-electron chi connectivity index (χ4n) is 2.35. The molecule has 1 atom stereocenters. The lowest BCUT2D eigenvalue weighted by molar-refractivity contribution is -0.104. The van der Waals surface area contributed by atoms with Gasteiger partial charge in [-0.15, -0.1) is 0 Å². The van der Waals surface area contributed by atoms with Gasteiger partial charge in [0.15, 0.2) is 11.5 Å². The standard InChI is InChI=1S/C12H15NO2/c1-12(9-6-7-13-8-9)14-10-4-2-3-5-11(10)15-12/h2-5,9,13H,6-8H2,1H3. The molecule has 1 N–H and O–H groups in total. The fraction of sp³-hybridized carbons (Fsp3) is 0.500. The van der Waals surface area contributed by atoms with Crippen LogP contribution in [0.15, 0.2) is 24.3 Å². The van der Waals surface area contributed by atoms with Crippen LogP contribution in [-0.4, -0.2) is 18.9 Å². The van der Waals surface area contributed by atoms with E-state index in [1.165, 1.54) is 0 Å². The monoisotopic (exact) mass is 205 g/mol. The molecule has 0 aliphatic carbocycles. The molecule has 1 aromatic carbocycles.